The summed E-state index contributed by atoms with van der Waals surface area (Å²) in [5.41, 5.74) is 2.01. The molecule has 1 aromatic rings. The highest BCUT2D eigenvalue weighted by Gasteiger charge is 1.97. The number of nitrogens with one attached hydrogen (secondary N) is 2. The maximum Gasteiger partial charge on any atom is 0.166 e. The molecule has 0 atom stereocenters. The summed E-state index contributed by atoms with van der Waals surface area (Å²) in [5.74, 6) is 0. The van der Waals surface area contributed by atoms with Gasteiger partial charge in [0.15, 0.2) is 5.11 Å². The number of hydrogen-bond acceptors (Lipinski definition) is 3. The van der Waals surface area contributed by atoms with Crippen LogP contribution in [0, 0.1) is 6.92 Å². The Morgan fingerprint density at radius 3 is 2.94 bits per heavy atom. The molecule has 0 aliphatic carbocycles. The largest absolute Gasteiger partial charge is 0.385 e. The van der Waals surface area contributed by atoms with Gasteiger partial charge in [-0.2, -0.15) is 0 Å². The number of aromatic nitrogens is 1. The third-order valence-corrected chi connectivity index (χ3v) is 2.48. The van der Waals surface area contributed by atoms with Gasteiger partial charge < -0.3 is 15.4 Å². The van der Waals surface area contributed by atoms with Gasteiger partial charge in [0.1, 0.15) is 0 Å². The van der Waals surface area contributed by atoms with Gasteiger partial charge in [-0.25, -0.2) is 0 Å². The molecule has 94 valence electrons. The second-order valence-corrected chi connectivity index (χ2v) is 4.13. The van der Waals surface area contributed by atoms with Crippen LogP contribution in [0.4, 0.5) is 0 Å². The van der Waals surface area contributed by atoms with Gasteiger partial charge in [0.2, 0.25) is 0 Å². The maximum absolute atomic E-state index is 5.14. The summed E-state index contributed by atoms with van der Waals surface area (Å²) in [4.78, 5) is 4.38. The minimum atomic E-state index is 0.651. The van der Waals surface area contributed by atoms with E-state index in [9.17, 15) is 0 Å². The third kappa shape index (κ3) is 6.19. The summed E-state index contributed by atoms with van der Waals surface area (Å²) in [6.45, 7) is 4.19. The van der Waals surface area contributed by atoms with E-state index in [-0.39, 0.29) is 0 Å². The van der Waals surface area contributed by atoms with Crippen molar-refractivity contribution in [3.05, 3.63) is 29.6 Å². The van der Waals surface area contributed by atoms with Crippen molar-refractivity contribution in [3.8, 4) is 0 Å². The fourth-order valence-electron chi connectivity index (χ4n) is 1.35. The number of pyridine rings is 1. The van der Waals surface area contributed by atoms with Crippen LogP contribution in [0.3, 0.4) is 0 Å². The highest BCUT2D eigenvalue weighted by atomic mass is 32.1. The number of ether oxygens (including phenoxy) is 1. The molecule has 0 aromatic carbocycles. The van der Waals surface area contributed by atoms with Crippen molar-refractivity contribution in [2.45, 2.75) is 19.9 Å². The molecule has 4 nitrogen and oxygen atoms in total. The zero-order valence-electron chi connectivity index (χ0n) is 10.3. The van der Waals surface area contributed by atoms with Crippen molar-refractivity contribution < 1.29 is 4.74 Å². The molecule has 0 aliphatic rings. The lowest BCUT2D eigenvalue weighted by molar-refractivity contribution is 0.195. The molecular weight excluding hydrogens is 234 g/mol. The van der Waals surface area contributed by atoms with E-state index in [1.807, 2.05) is 25.1 Å². The molecule has 0 bridgehead atoms. The van der Waals surface area contributed by atoms with Crippen LogP contribution in [0.2, 0.25) is 0 Å². The molecule has 0 saturated carbocycles. The molecule has 0 unspecified atom stereocenters. The van der Waals surface area contributed by atoms with Gasteiger partial charge in [-0.1, -0.05) is 6.07 Å². The Balaban J connectivity index is 2.19. The van der Waals surface area contributed by atoms with Crippen molar-refractivity contribution in [2.75, 3.05) is 20.3 Å². The molecule has 2 N–H and O–H groups in total. The number of rotatable bonds is 6. The standard InChI is InChI=1S/C12H19N3OS/c1-10-5-3-6-11(15-10)9-14-12(17)13-7-4-8-16-2/h3,5-6H,4,7-9H2,1-2H3,(H2,13,14,17). The van der Waals surface area contributed by atoms with E-state index < -0.39 is 0 Å². The lowest BCUT2D eigenvalue weighted by Gasteiger charge is -2.10. The molecule has 1 heterocycles. The Morgan fingerprint density at radius 2 is 2.24 bits per heavy atom. The molecule has 0 amide bonds. The van der Waals surface area contributed by atoms with Crippen LogP contribution in [-0.2, 0) is 11.3 Å². The van der Waals surface area contributed by atoms with E-state index in [0.29, 0.717) is 11.7 Å². The summed E-state index contributed by atoms with van der Waals surface area (Å²) >= 11 is 5.14. The zero-order chi connectivity index (χ0) is 12.5. The summed E-state index contributed by atoms with van der Waals surface area (Å²) < 4.78 is 4.95. The Bertz CT molecular complexity index is 357. The van der Waals surface area contributed by atoms with Gasteiger partial charge in [0.25, 0.3) is 0 Å². The van der Waals surface area contributed by atoms with Crippen molar-refractivity contribution in [1.29, 1.82) is 0 Å². The summed E-state index contributed by atoms with van der Waals surface area (Å²) in [6.07, 6.45) is 0.945. The van der Waals surface area contributed by atoms with E-state index in [1.54, 1.807) is 7.11 Å². The van der Waals surface area contributed by atoms with Crippen molar-refractivity contribution in [3.63, 3.8) is 0 Å². The van der Waals surface area contributed by atoms with Gasteiger partial charge in [-0.05, 0) is 37.7 Å². The molecule has 0 saturated heterocycles. The predicted octanol–water partition coefficient (Wildman–Crippen LogP) is 1.39. The Morgan fingerprint density at radius 1 is 1.41 bits per heavy atom. The van der Waals surface area contributed by atoms with E-state index >= 15 is 0 Å². The predicted molar refractivity (Wildman–Crippen MR) is 72.9 cm³/mol. The van der Waals surface area contributed by atoms with Crippen LogP contribution in [0.25, 0.3) is 0 Å². The van der Waals surface area contributed by atoms with Crippen LogP contribution in [-0.4, -0.2) is 30.4 Å². The van der Waals surface area contributed by atoms with Gasteiger partial charge in [0.05, 0.1) is 12.2 Å². The van der Waals surface area contributed by atoms with Crippen LogP contribution in [0.15, 0.2) is 18.2 Å². The second-order valence-electron chi connectivity index (χ2n) is 3.73. The first-order valence-corrected chi connectivity index (χ1v) is 6.06. The molecule has 0 fully saturated rings. The monoisotopic (exact) mass is 253 g/mol. The lowest BCUT2D eigenvalue weighted by Crippen LogP contribution is -2.35. The minimum Gasteiger partial charge on any atom is -0.385 e. The molecule has 1 rings (SSSR count). The number of nitrogens with zero attached hydrogens (tertiary/aromatic N) is 1. The van der Waals surface area contributed by atoms with Crippen LogP contribution in [0.5, 0.6) is 0 Å². The first-order chi connectivity index (χ1) is 8.22. The Kier molecular flexibility index (Phi) is 6.50. The van der Waals surface area contributed by atoms with Gasteiger partial charge >= 0.3 is 0 Å². The minimum absolute atomic E-state index is 0.651. The molecule has 5 heteroatoms. The fourth-order valence-corrected chi connectivity index (χ4v) is 1.52. The average Bonchev–Trinajstić information content (AvgIpc) is 2.32. The lowest BCUT2D eigenvalue weighted by atomic mass is 10.3. The topological polar surface area (TPSA) is 46.2 Å². The Labute approximate surface area is 108 Å². The summed E-state index contributed by atoms with van der Waals surface area (Å²) in [5, 5.41) is 6.89. The number of aryl methyl sites for hydroxylation is 1. The highest BCUT2D eigenvalue weighted by molar-refractivity contribution is 7.80. The summed E-state index contributed by atoms with van der Waals surface area (Å²) in [7, 11) is 1.69. The smallest absolute Gasteiger partial charge is 0.166 e. The van der Waals surface area contributed by atoms with Gasteiger partial charge in [-0.15, -0.1) is 0 Å². The Hall–Kier alpha value is -1.20. The molecular formula is C12H19N3OS. The first-order valence-electron chi connectivity index (χ1n) is 5.65. The fraction of sp³-hybridized carbons (Fsp3) is 0.500. The average molecular weight is 253 g/mol. The number of methoxy groups -OCH3 is 1. The first kappa shape index (κ1) is 13.9. The van der Waals surface area contributed by atoms with E-state index in [2.05, 4.69) is 15.6 Å². The van der Waals surface area contributed by atoms with Crippen molar-refractivity contribution >= 4 is 17.3 Å². The normalized spacial score (nSPS) is 10.0. The zero-order valence-corrected chi connectivity index (χ0v) is 11.1. The van der Waals surface area contributed by atoms with Crippen LogP contribution in [0.1, 0.15) is 17.8 Å². The molecule has 0 aliphatic heterocycles. The summed E-state index contributed by atoms with van der Waals surface area (Å²) in [6, 6.07) is 5.95. The van der Waals surface area contributed by atoms with Crippen molar-refractivity contribution in [1.82, 2.24) is 15.6 Å². The van der Waals surface area contributed by atoms with E-state index in [0.717, 1.165) is 31.0 Å². The van der Waals surface area contributed by atoms with E-state index in [4.69, 9.17) is 17.0 Å². The number of hydrogen-bond donors (Lipinski definition) is 2. The molecule has 0 spiro atoms. The van der Waals surface area contributed by atoms with E-state index in [1.165, 1.54) is 0 Å². The molecule has 1 aromatic heterocycles. The highest BCUT2D eigenvalue weighted by Crippen LogP contribution is 1.97. The maximum atomic E-state index is 5.14. The van der Waals surface area contributed by atoms with Crippen LogP contribution >= 0.6 is 12.2 Å². The quantitative estimate of drug-likeness (QED) is 0.592. The van der Waals surface area contributed by atoms with Crippen molar-refractivity contribution in [2.24, 2.45) is 0 Å². The van der Waals surface area contributed by atoms with Crippen LogP contribution < -0.4 is 10.6 Å². The molecule has 0 radical (unpaired) electrons. The van der Waals surface area contributed by atoms with Gasteiger partial charge in [0, 0.05) is 26.0 Å². The number of thiocarbonyl (C=S) groups is 1. The molecule has 17 heavy (non-hydrogen) atoms. The SMILES string of the molecule is COCCCNC(=S)NCc1cccc(C)n1. The third-order valence-electron chi connectivity index (χ3n) is 2.19. The second kappa shape index (κ2) is 7.97. The van der Waals surface area contributed by atoms with Gasteiger partial charge in [-0.3, -0.25) is 4.98 Å².